The summed E-state index contributed by atoms with van der Waals surface area (Å²) in [5, 5.41) is 4.43. The Morgan fingerprint density at radius 3 is 2.58 bits per heavy atom. The van der Waals surface area contributed by atoms with Gasteiger partial charge in [-0.1, -0.05) is 30.3 Å². The Kier molecular flexibility index (Phi) is 6.76. The number of rotatable bonds is 7. The summed E-state index contributed by atoms with van der Waals surface area (Å²) in [4.78, 5) is 27.9. The van der Waals surface area contributed by atoms with Crippen LogP contribution in [0.3, 0.4) is 0 Å². The monoisotopic (exact) mass is 491 g/mol. The largest absolute Gasteiger partial charge is 0.491 e. The zero-order chi connectivity index (χ0) is 25.2. The van der Waals surface area contributed by atoms with Gasteiger partial charge in [-0.15, -0.1) is 0 Å². The maximum Gasteiger partial charge on any atom is 0.435 e. The summed E-state index contributed by atoms with van der Waals surface area (Å²) in [5.41, 5.74) is 2.72. The third-order valence-corrected chi connectivity index (χ3v) is 6.55. The number of halogens is 1. The Labute approximate surface area is 209 Å². The number of amides is 1. The molecule has 0 N–H and O–H groups in total. The van der Waals surface area contributed by atoms with Gasteiger partial charge in [0.25, 0.3) is 5.91 Å². The van der Waals surface area contributed by atoms with E-state index in [0.717, 1.165) is 29.7 Å². The summed E-state index contributed by atoms with van der Waals surface area (Å²) in [7, 11) is 0. The summed E-state index contributed by atoms with van der Waals surface area (Å²) in [6.07, 6.45) is 4.82. The predicted octanol–water partition coefficient (Wildman–Crippen LogP) is 5.16. The number of nitrogens with zero attached hydrogens (tertiary/aromatic N) is 3. The molecule has 7 nitrogen and oxygen atoms in total. The molecule has 0 spiro atoms. The molecule has 2 aromatic carbocycles. The van der Waals surface area contributed by atoms with E-state index in [-0.39, 0.29) is 36.3 Å². The number of fused-ring (bicyclic) bond motifs is 1. The zero-order valence-electron chi connectivity index (χ0n) is 20.5. The van der Waals surface area contributed by atoms with E-state index in [4.69, 9.17) is 9.47 Å². The van der Waals surface area contributed by atoms with Gasteiger partial charge in [-0.25, -0.2) is 9.18 Å². The van der Waals surface area contributed by atoms with Crippen LogP contribution in [0.4, 0.5) is 9.18 Å². The smallest absolute Gasteiger partial charge is 0.435 e. The number of carbonyl (C=O) groups is 2. The normalized spacial score (nSPS) is 16.9. The first-order valence-corrected chi connectivity index (χ1v) is 12.5. The molecule has 2 aliphatic carbocycles. The van der Waals surface area contributed by atoms with Crippen molar-refractivity contribution < 1.29 is 23.5 Å². The summed E-state index contributed by atoms with van der Waals surface area (Å²) in [6, 6.07) is 13.9. The van der Waals surface area contributed by atoms with Crippen molar-refractivity contribution in [3.8, 4) is 5.75 Å². The van der Waals surface area contributed by atoms with Crippen LogP contribution in [0.1, 0.15) is 60.3 Å². The summed E-state index contributed by atoms with van der Waals surface area (Å²) in [5.74, 6) is -0.464. The number of ether oxygens (including phenoxy) is 2. The molecule has 1 fully saturated rings. The Balaban J connectivity index is 1.28. The average Bonchev–Trinajstić information content (AvgIpc) is 3.59. The van der Waals surface area contributed by atoms with Crippen molar-refractivity contribution in [3.63, 3.8) is 0 Å². The Bertz CT molecular complexity index is 1250. The molecule has 0 bridgehead atoms. The Morgan fingerprint density at radius 2 is 1.89 bits per heavy atom. The van der Waals surface area contributed by atoms with Crippen molar-refractivity contribution >= 4 is 12.0 Å². The molecular formula is C28H30FN3O4. The number of aromatic nitrogens is 2. The van der Waals surface area contributed by atoms with Crippen LogP contribution in [-0.2, 0) is 24.2 Å². The highest BCUT2D eigenvalue weighted by Crippen LogP contribution is 2.35. The number of hydrogen-bond donors (Lipinski definition) is 0. The van der Waals surface area contributed by atoms with Gasteiger partial charge < -0.3 is 14.4 Å². The zero-order valence-corrected chi connectivity index (χ0v) is 20.5. The van der Waals surface area contributed by atoms with Crippen LogP contribution < -0.4 is 4.74 Å². The van der Waals surface area contributed by atoms with Crippen molar-refractivity contribution in [2.24, 2.45) is 0 Å². The van der Waals surface area contributed by atoms with E-state index in [1.165, 1.54) is 16.8 Å². The fourth-order valence-electron chi connectivity index (χ4n) is 4.74. The number of carbonyl (C=O) groups excluding carboxylic acids is 2. The van der Waals surface area contributed by atoms with Gasteiger partial charge in [0.15, 0.2) is 0 Å². The molecule has 1 amide bonds. The second kappa shape index (κ2) is 10.1. The number of hydrogen-bond acceptors (Lipinski definition) is 5. The Hall–Kier alpha value is -3.68. The molecule has 1 atom stereocenters. The third kappa shape index (κ3) is 5.27. The van der Waals surface area contributed by atoms with Gasteiger partial charge >= 0.3 is 6.09 Å². The topological polar surface area (TPSA) is 73.7 Å². The maximum atomic E-state index is 14.9. The second-order valence-corrected chi connectivity index (χ2v) is 9.73. The summed E-state index contributed by atoms with van der Waals surface area (Å²) in [6.45, 7) is 3.91. The molecule has 0 radical (unpaired) electrons. The molecule has 1 saturated carbocycles. The fourth-order valence-corrected chi connectivity index (χ4v) is 4.74. The quantitative estimate of drug-likeness (QED) is 0.457. The van der Waals surface area contributed by atoms with Gasteiger partial charge in [0.1, 0.15) is 18.2 Å². The first-order chi connectivity index (χ1) is 17.4. The first kappa shape index (κ1) is 24.0. The average molecular weight is 492 g/mol. The molecule has 188 valence electrons. The van der Waals surface area contributed by atoms with Crippen LogP contribution in [0, 0.1) is 5.82 Å². The summed E-state index contributed by atoms with van der Waals surface area (Å²) < 4.78 is 27.1. The first-order valence-electron chi connectivity index (χ1n) is 12.5. The minimum absolute atomic E-state index is 0.0592. The standard InChI is InChI=1S/C28H30FN3O4/c1-18(2)36-23-11-12-24(25(29)15-23)27(33)32(21-8-9-21)22-10-13-26-20(14-22)16-31(30-26)28(34)35-17-19-6-4-3-5-7-19/h3-7,11-12,15-16,18,21-22H,8-10,13-14,17H2,1-2H3. The molecule has 1 unspecified atom stereocenters. The van der Waals surface area contributed by atoms with E-state index >= 15 is 0 Å². The lowest BCUT2D eigenvalue weighted by atomic mass is 9.91. The fraction of sp³-hybridized carbons (Fsp3) is 0.393. The Morgan fingerprint density at radius 1 is 1.11 bits per heavy atom. The maximum absolute atomic E-state index is 14.9. The molecule has 0 aliphatic heterocycles. The van der Waals surface area contributed by atoms with Gasteiger partial charge in [0.05, 0.1) is 17.4 Å². The van der Waals surface area contributed by atoms with Crippen molar-refractivity contribution in [3.05, 3.63) is 82.9 Å². The molecular weight excluding hydrogens is 461 g/mol. The van der Waals surface area contributed by atoms with E-state index in [2.05, 4.69) is 5.10 Å². The lowest BCUT2D eigenvalue weighted by Gasteiger charge is -2.34. The van der Waals surface area contributed by atoms with Gasteiger partial charge in [0, 0.05) is 24.3 Å². The van der Waals surface area contributed by atoms with E-state index < -0.39 is 11.9 Å². The summed E-state index contributed by atoms with van der Waals surface area (Å²) >= 11 is 0. The van der Waals surface area contributed by atoms with Crippen LogP contribution in [0.2, 0.25) is 0 Å². The minimum Gasteiger partial charge on any atom is -0.491 e. The van der Waals surface area contributed by atoms with E-state index in [1.54, 1.807) is 12.3 Å². The van der Waals surface area contributed by atoms with Crippen LogP contribution in [0.15, 0.2) is 54.7 Å². The third-order valence-electron chi connectivity index (χ3n) is 6.55. The van der Waals surface area contributed by atoms with Gasteiger partial charge in [-0.05, 0) is 69.2 Å². The van der Waals surface area contributed by atoms with Gasteiger partial charge in [0.2, 0.25) is 0 Å². The highest BCUT2D eigenvalue weighted by Gasteiger charge is 2.40. The number of benzene rings is 2. The SMILES string of the molecule is CC(C)Oc1ccc(C(=O)N(C2CC2)C2CCc3nn(C(=O)OCc4ccccc4)cc3C2)c(F)c1. The molecule has 1 heterocycles. The van der Waals surface area contributed by atoms with Crippen molar-refractivity contribution in [2.75, 3.05) is 0 Å². The van der Waals surface area contributed by atoms with Crippen molar-refractivity contribution in [1.82, 2.24) is 14.7 Å². The van der Waals surface area contributed by atoms with Crippen LogP contribution >= 0.6 is 0 Å². The molecule has 1 aromatic heterocycles. The molecule has 36 heavy (non-hydrogen) atoms. The van der Waals surface area contributed by atoms with Crippen molar-refractivity contribution in [1.29, 1.82) is 0 Å². The molecule has 2 aliphatic rings. The molecule has 3 aromatic rings. The number of aryl methyl sites for hydroxylation is 1. The highest BCUT2D eigenvalue weighted by molar-refractivity contribution is 5.95. The van der Waals surface area contributed by atoms with E-state index in [9.17, 15) is 14.0 Å². The predicted molar refractivity (Wildman–Crippen MR) is 131 cm³/mol. The lowest BCUT2D eigenvalue weighted by molar-refractivity contribution is 0.0638. The highest BCUT2D eigenvalue weighted by atomic mass is 19.1. The van der Waals surface area contributed by atoms with Crippen LogP contribution in [0.5, 0.6) is 5.75 Å². The van der Waals surface area contributed by atoms with Crippen LogP contribution in [-0.4, -0.2) is 44.9 Å². The van der Waals surface area contributed by atoms with Crippen LogP contribution in [0.25, 0.3) is 0 Å². The van der Waals surface area contributed by atoms with Crippen molar-refractivity contribution in [2.45, 2.75) is 70.7 Å². The van der Waals surface area contributed by atoms with Gasteiger partial charge in [-0.3, -0.25) is 4.79 Å². The second-order valence-electron chi connectivity index (χ2n) is 9.73. The molecule has 8 heteroatoms. The minimum atomic E-state index is -0.575. The van der Waals surface area contributed by atoms with Gasteiger partial charge in [-0.2, -0.15) is 9.78 Å². The molecule has 0 saturated heterocycles. The molecule has 5 rings (SSSR count). The van der Waals surface area contributed by atoms with E-state index in [0.29, 0.717) is 25.0 Å². The van der Waals surface area contributed by atoms with E-state index in [1.807, 2.05) is 49.1 Å². The lowest BCUT2D eigenvalue weighted by Crippen LogP contribution is -2.45.